The fourth-order valence-electron chi connectivity index (χ4n) is 3.85. The molecule has 2 aliphatic rings. The highest BCUT2D eigenvalue weighted by Gasteiger charge is 2.42. The van der Waals surface area contributed by atoms with Gasteiger partial charge < -0.3 is 9.64 Å². The minimum atomic E-state index is -0.296. The van der Waals surface area contributed by atoms with E-state index in [0.29, 0.717) is 13.1 Å². The number of rotatable bonds is 3. The lowest BCUT2D eigenvalue weighted by atomic mass is 9.88. The molecule has 136 valence electrons. The molecule has 4 nitrogen and oxygen atoms in total. The number of anilines is 1. The lowest BCUT2D eigenvalue weighted by Crippen LogP contribution is -2.58. The average Bonchev–Trinajstić information content (AvgIpc) is 2.68. The number of para-hydroxylation sites is 1. The van der Waals surface area contributed by atoms with E-state index in [9.17, 15) is 9.18 Å². The first-order chi connectivity index (χ1) is 12.7. The third kappa shape index (κ3) is 3.50. The summed E-state index contributed by atoms with van der Waals surface area (Å²) in [7, 11) is 0. The van der Waals surface area contributed by atoms with Crippen LogP contribution in [0, 0.1) is 5.82 Å². The molecule has 0 N–H and O–H groups in total. The van der Waals surface area contributed by atoms with Gasteiger partial charge in [0.05, 0.1) is 12.1 Å². The summed E-state index contributed by atoms with van der Waals surface area (Å²) in [5.41, 5.74) is 1.36. The highest BCUT2D eigenvalue weighted by Crippen LogP contribution is 2.33. The zero-order chi connectivity index (χ0) is 18.0. The van der Waals surface area contributed by atoms with Crippen LogP contribution in [0.2, 0.25) is 0 Å². The second kappa shape index (κ2) is 7.17. The quantitative estimate of drug-likeness (QED) is 0.848. The van der Waals surface area contributed by atoms with Gasteiger partial charge in [-0.15, -0.1) is 0 Å². The van der Waals surface area contributed by atoms with Crippen molar-refractivity contribution in [3.05, 3.63) is 66.0 Å². The highest BCUT2D eigenvalue weighted by molar-refractivity contribution is 5.95. The summed E-state index contributed by atoms with van der Waals surface area (Å²) < 4.78 is 19.9. The largest absolute Gasteiger partial charge is 0.363 e. The molecule has 1 amide bonds. The molecule has 1 spiro atoms. The number of carbonyl (C=O) groups excluding carboxylic acids is 1. The van der Waals surface area contributed by atoms with Crippen molar-refractivity contribution in [2.24, 2.45) is 0 Å². The zero-order valence-electron chi connectivity index (χ0n) is 14.7. The Labute approximate surface area is 153 Å². The number of piperidine rings is 1. The Hall–Kier alpha value is -2.24. The Morgan fingerprint density at radius 2 is 1.69 bits per heavy atom. The number of carbonyl (C=O) groups is 1. The zero-order valence-corrected chi connectivity index (χ0v) is 14.7. The topological polar surface area (TPSA) is 32.8 Å². The maximum Gasteiger partial charge on any atom is 0.253 e. The van der Waals surface area contributed by atoms with Gasteiger partial charge in [0.15, 0.2) is 0 Å². The van der Waals surface area contributed by atoms with Crippen molar-refractivity contribution >= 4 is 11.6 Å². The highest BCUT2D eigenvalue weighted by atomic mass is 19.1. The Bertz CT molecular complexity index is 773. The van der Waals surface area contributed by atoms with Gasteiger partial charge in [0.25, 0.3) is 5.91 Å². The van der Waals surface area contributed by atoms with Crippen LogP contribution in [-0.2, 0) is 16.1 Å². The number of likely N-dealkylation sites (tertiary alicyclic amines) is 1. The molecular formula is C21H23FN2O2. The number of hydrogen-bond donors (Lipinski definition) is 0. The third-order valence-corrected chi connectivity index (χ3v) is 5.44. The summed E-state index contributed by atoms with van der Waals surface area (Å²) in [5.74, 6) is -0.141. The summed E-state index contributed by atoms with van der Waals surface area (Å²) in [5, 5.41) is 0. The fraction of sp³-hybridized carbons (Fsp3) is 0.381. The summed E-state index contributed by atoms with van der Waals surface area (Å²) in [6.45, 7) is 3.01. The van der Waals surface area contributed by atoms with Gasteiger partial charge in [0.2, 0.25) is 0 Å². The monoisotopic (exact) mass is 354 g/mol. The molecule has 0 aliphatic carbocycles. The van der Waals surface area contributed by atoms with Crippen LogP contribution in [0.15, 0.2) is 54.6 Å². The van der Waals surface area contributed by atoms with Gasteiger partial charge in [-0.25, -0.2) is 4.39 Å². The molecule has 0 bridgehead atoms. The molecule has 0 unspecified atom stereocenters. The van der Waals surface area contributed by atoms with Gasteiger partial charge >= 0.3 is 0 Å². The molecule has 5 heteroatoms. The predicted molar refractivity (Wildman–Crippen MR) is 98.4 cm³/mol. The summed E-state index contributed by atoms with van der Waals surface area (Å²) >= 11 is 0. The summed E-state index contributed by atoms with van der Waals surface area (Å²) in [4.78, 5) is 16.4. The predicted octanol–water partition coefficient (Wildman–Crippen LogP) is 3.22. The standard InChI is InChI=1S/C21H23FN2O2/c22-19-9-5-4-6-17(19)14-23-12-10-21(11-13-23)16-24(20(25)15-26-21)18-7-2-1-3-8-18/h1-9H,10-16H2. The molecule has 0 saturated carbocycles. The Kier molecular flexibility index (Phi) is 4.74. The second-order valence-electron chi connectivity index (χ2n) is 7.15. The van der Waals surface area contributed by atoms with E-state index in [4.69, 9.17) is 4.74 Å². The van der Waals surface area contributed by atoms with Crippen molar-refractivity contribution in [2.75, 3.05) is 31.1 Å². The van der Waals surface area contributed by atoms with E-state index in [-0.39, 0.29) is 23.9 Å². The van der Waals surface area contributed by atoms with Gasteiger partial charge in [-0.1, -0.05) is 36.4 Å². The minimum Gasteiger partial charge on any atom is -0.363 e. The molecule has 2 saturated heterocycles. The van der Waals surface area contributed by atoms with E-state index in [1.807, 2.05) is 47.4 Å². The number of nitrogens with zero attached hydrogens (tertiary/aromatic N) is 2. The molecule has 2 aromatic rings. The molecule has 2 aliphatic heterocycles. The number of hydrogen-bond acceptors (Lipinski definition) is 3. The minimum absolute atomic E-state index is 0.00983. The molecule has 0 atom stereocenters. The van der Waals surface area contributed by atoms with Crippen LogP contribution in [0.1, 0.15) is 18.4 Å². The Morgan fingerprint density at radius 3 is 2.42 bits per heavy atom. The number of amides is 1. The van der Waals surface area contributed by atoms with E-state index in [0.717, 1.165) is 37.2 Å². The number of benzene rings is 2. The molecule has 26 heavy (non-hydrogen) atoms. The Morgan fingerprint density at radius 1 is 1.00 bits per heavy atom. The average molecular weight is 354 g/mol. The third-order valence-electron chi connectivity index (χ3n) is 5.44. The van der Waals surface area contributed by atoms with Crippen molar-refractivity contribution in [1.82, 2.24) is 4.90 Å². The lowest BCUT2D eigenvalue weighted by molar-refractivity contribution is -0.145. The molecule has 2 heterocycles. The van der Waals surface area contributed by atoms with Crippen molar-refractivity contribution in [1.29, 1.82) is 0 Å². The summed E-state index contributed by atoms with van der Waals surface area (Å²) in [6.07, 6.45) is 1.69. The first-order valence-corrected chi connectivity index (χ1v) is 9.10. The van der Waals surface area contributed by atoms with Crippen molar-refractivity contribution in [2.45, 2.75) is 25.0 Å². The molecule has 0 radical (unpaired) electrons. The van der Waals surface area contributed by atoms with Crippen LogP contribution in [0.3, 0.4) is 0 Å². The smallest absolute Gasteiger partial charge is 0.253 e. The van der Waals surface area contributed by atoms with Crippen molar-refractivity contribution < 1.29 is 13.9 Å². The first-order valence-electron chi connectivity index (χ1n) is 9.10. The number of ether oxygens (including phenoxy) is 1. The number of morpholine rings is 1. The normalized spacial score (nSPS) is 20.5. The van der Waals surface area contributed by atoms with Crippen molar-refractivity contribution in [3.8, 4) is 0 Å². The molecular weight excluding hydrogens is 331 g/mol. The van der Waals surface area contributed by atoms with Crippen molar-refractivity contribution in [3.63, 3.8) is 0 Å². The number of halogens is 1. The van der Waals surface area contributed by atoms with Gasteiger partial charge in [0.1, 0.15) is 12.4 Å². The summed E-state index contributed by atoms with van der Waals surface area (Å²) in [6, 6.07) is 16.7. The van der Waals surface area contributed by atoms with Crippen LogP contribution in [-0.4, -0.2) is 42.6 Å². The molecule has 0 aromatic heterocycles. The van der Waals surface area contributed by atoms with Gasteiger partial charge in [0, 0.05) is 30.9 Å². The van der Waals surface area contributed by atoms with Crippen LogP contribution in [0.25, 0.3) is 0 Å². The second-order valence-corrected chi connectivity index (χ2v) is 7.15. The van der Waals surface area contributed by atoms with E-state index < -0.39 is 0 Å². The maximum absolute atomic E-state index is 13.9. The van der Waals surface area contributed by atoms with Crippen LogP contribution in [0.5, 0.6) is 0 Å². The Balaban J connectivity index is 1.41. The molecule has 4 rings (SSSR count). The molecule has 2 aromatic carbocycles. The van der Waals surface area contributed by atoms with E-state index in [2.05, 4.69) is 4.90 Å². The van der Waals surface area contributed by atoms with Gasteiger partial charge in [-0.2, -0.15) is 0 Å². The molecule has 2 fully saturated rings. The SMILES string of the molecule is O=C1COC2(CCN(Cc3ccccc3F)CC2)CN1c1ccccc1. The maximum atomic E-state index is 13.9. The van der Waals surface area contributed by atoms with Crippen LogP contribution in [0.4, 0.5) is 10.1 Å². The first kappa shape index (κ1) is 17.2. The van der Waals surface area contributed by atoms with Gasteiger partial charge in [-0.05, 0) is 31.0 Å². The lowest BCUT2D eigenvalue weighted by Gasteiger charge is -2.47. The van der Waals surface area contributed by atoms with E-state index >= 15 is 0 Å². The van der Waals surface area contributed by atoms with Gasteiger partial charge in [-0.3, -0.25) is 9.69 Å². The van der Waals surface area contributed by atoms with E-state index in [1.54, 1.807) is 6.07 Å². The van der Waals surface area contributed by atoms with E-state index in [1.165, 1.54) is 6.07 Å². The van der Waals surface area contributed by atoms with Crippen LogP contribution < -0.4 is 4.90 Å². The fourth-order valence-corrected chi connectivity index (χ4v) is 3.85. The van der Waals surface area contributed by atoms with Crippen LogP contribution >= 0.6 is 0 Å².